The molecule has 1 aliphatic rings. The van der Waals surface area contributed by atoms with Crippen LogP contribution in [0.2, 0.25) is 0 Å². The number of hydrogen-bond donors (Lipinski definition) is 2. The normalized spacial score (nSPS) is 15.0. The third-order valence-electron chi connectivity index (χ3n) is 6.28. The van der Waals surface area contributed by atoms with Gasteiger partial charge in [0, 0.05) is 69.6 Å². The van der Waals surface area contributed by atoms with Crippen molar-refractivity contribution < 1.29 is 4.79 Å². The third kappa shape index (κ3) is 6.29. The fraction of sp³-hybridized carbons (Fsp3) is 0.321. The van der Waals surface area contributed by atoms with Crippen LogP contribution < -0.4 is 20.4 Å². The van der Waals surface area contributed by atoms with Crippen LogP contribution in [0.1, 0.15) is 12.5 Å². The molecule has 4 rings (SSSR count). The molecular weight excluding hydrogens is 422 g/mol. The number of piperazine rings is 1. The minimum absolute atomic E-state index is 0.0591. The lowest BCUT2D eigenvalue weighted by atomic mass is 10.2. The molecule has 2 N–H and O–H groups in total. The molecule has 0 unspecified atom stereocenters. The number of rotatable bonds is 8. The Morgan fingerprint density at radius 1 is 0.853 bits per heavy atom. The second-order valence-electron chi connectivity index (χ2n) is 9.09. The minimum atomic E-state index is -0.346. The molecule has 178 valence electrons. The van der Waals surface area contributed by atoms with E-state index in [9.17, 15) is 4.79 Å². The van der Waals surface area contributed by atoms with E-state index in [1.165, 1.54) is 11.3 Å². The van der Waals surface area contributed by atoms with E-state index in [-0.39, 0.29) is 11.9 Å². The standard InChI is InChI=1S/C28H35N5O/c1-22(28(34)30-25-9-13-26(14-10-25)31(2)3)29-24-11-15-27(16-12-24)33-19-17-32(18-20-33)21-23-7-5-4-6-8-23/h4-16,22,29H,17-21H2,1-3H3,(H,30,34)/t22-/m1/s1. The number of amides is 1. The number of carbonyl (C=O) groups excluding carboxylic acids is 1. The molecule has 1 saturated heterocycles. The Hall–Kier alpha value is -3.51. The van der Waals surface area contributed by atoms with Gasteiger partial charge in [-0.1, -0.05) is 30.3 Å². The Morgan fingerprint density at radius 3 is 2.09 bits per heavy atom. The zero-order chi connectivity index (χ0) is 23.9. The van der Waals surface area contributed by atoms with Crippen molar-refractivity contribution in [2.45, 2.75) is 19.5 Å². The van der Waals surface area contributed by atoms with Crippen LogP contribution in [-0.4, -0.2) is 57.1 Å². The lowest BCUT2D eigenvalue weighted by Gasteiger charge is -2.36. The van der Waals surface area contributed by atoms with Crippen molar-refractivity contribution in [3.63, 3.8) is 0 Å². The molecule has 1 fully saturated rings. The second-order valence-corrected chi connectivity index (χ2v) is 9.09. The van der Waals surface area contributed by atoms with E-state index in [4.69, 9.17) is 0 Å². The van der Waals surface area contributed by atoms with Gasteiger partial charge in [-0.3, -0.25) is 9.69 Å². The van der Waals surface area contributed by atoms with E-state index in [1.807, 2.05) is 50.2 Å². The Kier molecular flexibility index (Phi) is 7.70. The van der Waals surface area contributed by atoms with Crippen LogP contribution in [0.4, 0.5) is 22.7 Å². The monoisotopic (exact) mass is 457 g/mol. The molecule has 1 aliphatic heterocycles. The average molecular weight is 458 g/mol. The van der Waals surface area contributed by atoms with Gasteiger partial charge in [0.05, 0.1) is 0 Å². The summed E-state index contributed by atoms with van der Waals surface area (Å²) in [5, 5.41) is 6.29. The highest BCUT2D eigenvalue weighted by Gasteiger charge is 2.18. The largest absolute Gasteiger partial charge is 0.378 e. The summed E-state index contributed by atoms with van der Waals surface area (Å²) < 4.78 is 0. The van der Waals surface area contributed by atoms with Gasteiger partial charge in [-0.15, -0.1) is 0 Å². The van der Waals surface area contributed by atoms with E-state index in [0.29, 0.717) is 0 Å². The van der Waals surface area contributed by atoms with Crippen molar-refractivity contribution in [2.75, 3.05) is 60.7 Å². The number of anilines is 4. The van der Waals surface area contributed by atoms with Crippen LogP contribution >= 0.6 is 0 Å². The van der Waals surface area contributed by atoms with Crippen LogP contribution in [-0.2, 0) is 11.3 Å². The van der Waals surface area contributed by atoms with Gasteiger partial charge in [0.25, 0.3) is 0 Å². The van der Waals surface area contributed by atoms with E-state index < -0.39 is 0 Å². The zero-order valence-electron chi connectivity index (χ0n) is 20.4. The average Bonchev–Trinajstić information content (AvgIpc) is 2.86. The molecule has 1 amide bonds. The molecule has 6 nitrogen and oxygen atoms in total. The van der Waals surface area contributed by atoms with E-state index >= 15 is 0 Å². The Balaban J connectivity index is 1.25. The second kappa shape index (κ2) is 11.1. The smallest absolute Gasteiger partial charge is 0.246 e. The molecule has 1 atom stereocenters. The maximum Gasteiger partial charge on any atom is 0.246 e. The van der Waals surface area contributed by atoms with Crippen molar-refractivity contribution in [3.05, 3.63) is 84.4 Å². The van der Waals surface area contributed by atoms with Crippen LogP contribution in [0.25, 0.3) is 0 Å². The molecule has 0 spiro atoms. The summed E-state index contributed by atoms with van der Waals surface area (Å²) in [6.45, 7) is 7.04. The molecular formula is C28H35N5O. The van der Waals surface area contributed by atoms with Gasteiger partial charge < -0.3 is 20.4 Å². The summed E-state index contributed by atoms with van der Waals surface area (Å²) >= 11 is 0. The van der Waals surface area contributed by atoms with E-state index in [2.05, 4.69) is 75.0 Å². The molecule has 0 bridgehead atoms. The van der Waals surface area contributed by atoms with Crippen LogP contribution in [0.5, 0.6) is 0 Å². The molecule has 0 aromatic heterocycles. The lowest BCUT2D eigenvalue weighted by molar-refractivity contribution is -0.116. The van der Waals surface area contributed by atoms with Gasteiger partial charge in [0.15, 0.2) is 0 Å². The Labute approximate surface area is 203 Å². The van der Waals surface area contributed by atoms with Crippen molar-refractivity contribution >= 4 is 28.7 Å². The zero-order valence-corrected chi connectivity index (χ0v) is 20.4. The van der Waals surface area contributed by atoms with Crippen molar-refractivity contribution in [3.8, 4) is 0 Å². The van der Waals surface area contributed by atoms with Crippen molar-refractivity contribution in [1.82, 2.24) is 4.90 Å². The molecule has 1 heterocycles. The van der Waals surface area contributed by atoms with Gasteiger partial charge in [0.1, 0.15) is 6.04 Å². The van der Waals surface area contributed by atoms with Crippen molar-refractivity contribution in [1.29, 1.82) is 0 Å². The van der Waals surface area contributed by atoms with Gasteiger partial charge in [0.2, 0.25) is 5.91 Å². The van der Waals surface area contributed by atoms with Crippen molar-refractivity contribution in [2.24, 2.45) is 0 Å². The highest BCUT2D eigenvalue weighted by atomic mass is 16.2. The molecule has 0 radical (unpaired) electrons. The number of carbonyl (C=O) groups is 1. The predicted molar refractivity (Wildman–Crippen MR) is 143 cm³/mol. The minimum Gasteiger partial charge on any atom is -0.378 e. The maximum absolute atomic E-state index is 12.6. The summed E-state index contributed by atoms with van der Waals surface area (Å²) in [5.74, 6) is -0.0591. The van der Waals surface area contributed by atoms with Crippen LogP contribution in [0.15, 0.2) is 78.9 Å². The summed E-state index contributed by atoms with van der Waals surface area (Å²) in [6.07, 6.45) is 0. The van der Waals surface area contributed by atoms with Gasteiger partial charge in [-0.05, 0) is 61.0 Å². The van der Waals surface area contributed by atoms with Gasteiger partial charge in [-0.2, -0.15) is 0 Å². The van der Waals surface area contributed by atoms with E-state index in [1.54, 1.807) is 0 Å². The summed E-state index contributed by atoms with van der Waals surface area (Å²) in [7, 11) is 3.99. The number of hydrogen-bond acceptors (Lipinski definition) is 5. The lowest BCUT2D eigenvalue weighted by Crippen LogP contribution is -2.45. The van der Waals surface area contributed by atoms with E-state index in [0.717, 1.165) is 49.8 Å². The Morgan fingerprint density at radius 2 is 1.47 bits per heavy atom. The first-order valence-corrected chi connectivity index (χ1v) is 11.9. The third-order valence-corrected chi connectivity index (χ3v) is 6.28. The molecule has 3 aromatic carbocycles. The summed E-state index contributed by atoms with van der Waals surface area (Å²) in [4.78, 5) is 19.6. The maximum atomic E-state index is 12.6. The first-order valence-electron chi connectivity index (χ1n) is 11.9. The quantitative estimate of drug-likeness (QED) is 0.521. The molecule has 6 heteroatoms. The SMILES string of the molecule is C[C@@H](Nc1ccc(N2CCN(Cc3ccccc3)CC2)cc1)C(=O)Nc1ccc(N(C)C)cc1. The molecule has 34 heavy (non-hydrogen) atoms. The first-order chi connectivity index (χ1) is 16.5. The fourth-order valence-corrected chi connectivity index (χ4v) is 4.18. The topological polar surface area (TPSA) is 50.9 Å². The number of nitrogens with zero attached hydrogens (tertiary/aromatic N) is 3. The van der Waals surface area contributed by atoms with Gasteiger partial charge in [-0.25, -0.2) is 0 Å². The van der Waals surface area contributed by atoms with Crippen LogP contribution in [0.3, 0.4) is 0 Å². The number of nitrogens with one attached hydrogen (secondary N) is 2. The first kappa shape index (κ1) is 23.6. The fourth-order valence-electron chi connectivity index (χ4n) is 4.18. The molecule has 3 aromatic rings. The molecule has 0 saturated carbocycles. The summed E-state index contributed by atoms with van der Waals surface area (Å²) in [6, 6.07) is 26.5. The molecule has 0 aliphatic carbocycles. The highest BCUT2D eigenvalue weighted by Crippen LogP contribution is 2.21. The predicted octanol–water partition coefficient (Wildman–Crippen LogP) is 4.51. The summed E-state index contributed by atoms with van der Waals surface area (Å²) in [5.41, 5.74) is 5.43. The number of benzene rings is 3. The van der Waals surface area contributed by atoms with Gasteiger partial charge >= 0.3 is 0 Å². The highest BCUT2D eigenvalue weighted by molar-refractivity contribution is 5.96. The Bertz CT molecular complexity index is 1040. The van der Waals surface area contributed by atoms with Crippen LogP contribution in [0, 0.1) is 0 Å².